The van der Waals surface area contributed by atoms with Crippen LogP contribution in [0.25, 0.3) is 0 Å². The minimum absolute atomic E-state index is 0.0842. The Labute approximate surface area is 213 Å². The molecule has 1 aromatic carbocycles. The molecule has 196 valence electrons. The molecule has 2 amide bonds. The summed E-state index contributed by atoms with van der Waals surface area (Å²) >= 11 is 0. The van der Waals surface area contributed by atoms with Crippen molar-refractivity contribution in [1.82, 2.24) is 14.7 Å². The van der Waals surface area contributed by atoms with Gasteiger partial charge in [0.05, 0.1) is 0 Å². The number of carbonyl (C=O) groups is 2. The molecule has 6 heteroatoms. The van der Waals surface area contributed by atoms with Crippen LogP contribution in [0.4, 0.5) is 5.69 Å². The van der Waals surface area contributed by atoms with Crippen LogP contribution in [0.3, 0.4) is 0 Å². The average molecular weight is 485 g/mol. The molecule has 0 unspecified atom stereocenters. The van der Waals surface area contributed by atoms with Gasteiger partial charge in [0.15, 0.2) is 0 Å². The van der Waals surface area contributed by atoms with Crippen molar-refractivity contribution in [2.45, 2.75) is 85.7 Å². The molecule has 2 aliphatic rings. The van der Waals surface area contributed by atoms with E-state index in [1.807, 2.05) is 21.9 Å². The molecule has 1 fully saturated rings. The number of fused-ring (bicyclic) bond motifs is 1. The van der Waals surface area contributed by atoms with Gasteiger partial charge in [-0.05, 0) is 75.9 Å². The second-order valence-corrected chi connectivity index (χ2v) is 11.2. The average Bonchev–Trinajstić information content (AvgIpc) is 2.82. The van der Waals surface area contributed by atoms with Gasteiger partial charge in [0.25, 0.3) is 5.91 Å². The van der Waals surface area contributed by atoms with Gasteiger partial charge >= 0.3 is 0 Å². The van der Waals surface area contributed by atoms with E-state index in [0.717, 1.165) is 88.4 Å². The van der Waals surface area contributed by atoms with Crippen molar-refractivity contribution in [1.29, 1.82) is 0 Å². The van der Waals surface area contributed by atoms with E-state index in [-0.39, 0.29) is 11.8 Å². The third kappa shape index (κ3) is 8.04. The number of rotatable bonds is 5. The summed E-state index contributed by atoms with van der Waals surface area (Å²) in [6, 6.07) is 6.56. The smallest absolute Gasteiger partial charge is 0.253 e. The molecule has 1 saturated heterocycles. The number of anilines is 1. The third-order valence-electron chi connectivity index (χ3n) is 7.60. The summed E-state index contributed by atoms with van der Waals surface area (Å²) in [7, 11) is 0. The fourth-order valence-electron chi connectivity index (χ4n) is 5.27. The highest BCUT2D eigenvalue weighted by atomic mass is 16.2. The maximum absolute atomic E-state index is 13.5. The summed E-state index contributed by atoms with van der Waals surface area (Å²) in [5, 5.41) is 0. The van der Waals surface area contributed by atoms with E-state index in [1.165, 1.54) is 19.3 Å². The number of nitrogens with zero attached hydrogens (tertiary/aromatic N) is 4. The van der Waals surface area contributed by atoms with Crippen molar-refractivity contribution >= 4 is 17.5 Å². The highest BCUT2D eigenvalue weighted by molar-refractivity contribution is 5.97. The zero-order valence-corrected chi connectivity index (χ0v) is 22.9. The first-order valence-corrected chi connectivity index (χ1v) is 13.9. The standard InChI is InChI=1S/C29H48N4O2/c1-23(2)13-16-30-14-9-7-6-8-10-15-33(25(5)34)28-12-11-26(21-27(28)22-30)29(35)32-19-17-31(18-20-32)24(3)4/h11-12,21,23-24H,6-10,13-20,22H2,1-5H3. The molecule has 0 saturated carbocycles. The number of hydrogen-bond donors (Lipinski definition) is 0. The van der Waals surface area contributed by atoms with Crippen molar-refractivity contribution in [3.63, 3.8) is 0 Å². The normalized spacial score (nSPS) is 19.4. The van der Waals surface area contributed by atoms with E-state index in [2.05, 4.69) is 43.6 Å². The summed E-state index contributed by atoms with van der Waals surface area (Å²) in [5.41, 5.74) is 2.84. The van der Waals surface area contributed by atoms with Crippen molar-refractivity contribution in [2.24, 2.45) is 5.92 Å². The maximum atomic E-state index is 13.5. The van der Waals surface area contributed by atoms with Crippen LogP contribution in [0.15, 0.2) is 18.2 Å². The minimum atomic E-state index is 0.0842. The van der Waals surface area contributed by atoms with E-state index < -0.39 is 0 Å². The molecule has 0 spiro atoms. The van der Waals surface area contributed by atoms with E-state index in [4.69, 9.17) is 0 Å². The lowest BCUT2D eigenvalue weighted by Gasteiger charge is -2.37. The predicted molar refractivity (Wildman–Crippen MR) is 145 cm³/mol. The van der Waals surface area contributed by atoms with Crippen LogP contribution in [-0.2, 0) is 11.3 Å². The fourth-order valence-corrected chi connectivity index (χ4v) is 5.27. The van der Waals surface area contributed by atoms with Gasteiger partial charge < -0.3 is 9.80 Å². The zero-order chi connectivity index (χ0) is 25.4. The summed E-state index contributed by atoms with van der Waals surface area (Å²) in [5.74, 6) is 0.855. The van der Waals surface area contributed by atoms with Crippen molar-refractivity contribution < 1.29 is 9.59 Å². The van der Waals surface area contributed by atoms with Crippen molar-refractivity contribution in [3.05, 3.63) is 29.3 Å². The van der Waals surface area contributed by atoms with E-state index in [1.54, 1.807) is 6.92 Å². The Kier molecular flexibility index (Phi) is 10.6. The number of benzene rings is 1. The molecule has 0 atom stereocenters. The van der Waals surface area contributed by atoms with Crippen LogP contribution < -0.4 is 4.90 Å². The molecular weight excluding hydrogens is 436 g/mol. The highest BCUT2D eigenvalue weighted by Crippen LogP contribution is 2.27. The largest absolute Gasteiger partial charge is 0.336 e. The van der Waals surface area contributed by atoms with Gasteiger partial charge in [0.1, 0.15) is 0 Å². The topological polar surface area (TPSA) is 47.1 Å². The van der Waals surface area contributed by atoms with Gasteiger partial charge in [-0.2, -0.15) is 0 Å². The summed E-state index contributed by atoms with van der Waals surface area (Å²) in [6.07, 6.45) is 7.02. The highest BCUT2D eigenvalue weighted by Gasteiger charge is 2.25. The van der Waals surface area contributed by atoms with Crippen LogP contribution in [0.2, 0.25) is 0 Å². The van der Waals surface area contributed by atoms with E-state index >= 15 is 0 Å². The lowest BCUT2D eigenvalue weighted by atomic mass is 10.0. The van der Waals surface area contributed by atoms with Crippen LogP contribution in [0.1, 0.15) is 89.1 Å². The second kappa shape index (κ2) is 13.4. The van der Waals surface area contributed by atoms with E-state index in [0.29, 0.717) is 12.0 Å². The van der Waals surface area contributed by atoms with Gasteiger partial charge in [0, 0.05) is 63.5 Å². The van der Waals surface area contributed by atoms with Crippen LogP contribution in [0.5, 0.6) is 0 Å². The first-order chi connectivity index (χ1) is 16.8. The number of hydrogen-bond acceptors (Lipinski definition) is 4. The Morgan fingerprint density at radius 2 is 1.51 bits per heavy atom. The van der Waals surface area contributed by atoms with Crippen LogP contribution in [0, 0.1) is 5.92 Å². The third-order valence-corrected chi connectivity index (χ3v) is 7.60. The van der Waals surface area contributed by atoms with Crippen molar-refractivity contribution in [3.8, 4) is 0 Å². The lowest BCUT2D eigenvalue weighted by molar-refractivity contribution is -0.116. The first kappa shape index (κ1) is 27.7. The first-order valence-electron chi connectivity index (χ1n) is 13.9. The van der Waals surface area contributed by atoms with Crippen LogP contribution in [-0.4, -0.2) is 78.4 Å². The Morgan fingerprint density at radius 1 is 0.857 bits per heavy atom. The Balaban J connectivity index is 1.88. The maximum Gasteiger partial charge on any atom is 0.253 e. The fraction of sp³-hybridized carbons (Fsp3) is 0.724. The number of amides is 2. The minimum Gasteiger partial charge on any atom is -0.336 e. The molecule has 3 rings (SSSR count). The van der Waals surface area contributed by atoms with Crippen molar-refractivity contribution in [2.75, 3.05) is 50.7 Å². The molecule has 0 aliphatic carbocycles. The Morgan fingerprint density at radius 3 is 2.14 bits per heavy atom. The molecule has 6 nitrogen and oxygen atoms in total. The Hall–Kier alpha value is -1.92. The van der Waals surface area contributed by atoms with E-state index in [9.17, 15) is 9.59 Å². The van der Waals surface area contributed by atoms with Gasteiger partial charge in [-0.15, -0.1) is 0 Å². The van der Waals surface area contributed by atoms with Gasteiger partial charge in [0.2, 0.25) is 5.91 Å². The zero-order valence-electron chi connectivity index (χ0n) is 22.9. The summed E-state index contributed by atoms with van der Waals surface area (Å²) in [6.45, 7) is 17.7. The molecule has 0 aromatic heterocycles. The quantitative estimate of drug-likeness (QED) is 0.589. The predicted octanol–water partition coefficient (Wildman–Crippen LogP) is 5.02. The monoisotopic (exact) mass is 484 g/mol. The molecule has 35 heavy (non-hydrogen) atoms. The summed E-state index contributed by atoms with van der Waals surface area (Å²) in [4.78, 5) is 35.0. The Bertz CT molecular complexity index is 830. The number of carbonyl (C=O) groups excluding carboxylic acids is 2. The molecule has 0 radical (unpaired) electrons. The lowest BCUT2D eigenvalue weighted by Crippen LogP contribution is -2.50. The van der Waals surface area contributed by atoms with Gasteiger partial charge in [-0.25, -0.2) is 0 Å². The molecular formula is C29H48N4O2. The van der Waals surface area contributed by atoms with Gasteiger partial charge in [-0.1, -0.05) is 33.1 Å². The molecule has 0 N–H and O–H groups in total. The molecule has 0 bridgehead atoms. The van der Waals surface area contributed by atoms with Crippen LogP contribution >= 0.6 is 0 Å². The second-order valence-electron chi connectivity index (χ2n) is 11.2. The molecule has 2 aliphatic heterocycles. The SMILES string of the molecule is CC(=O)N1CCCCCCCN(CCC(C)C)Cc2cc(C(=O)N3CCN(C(C)C)CC3)ccc21. The van der Waals surface area contributed by atoms with Gasteiger partial charge in [-0.3, -0.25) is 19.4 Å². The molecule has 2 heterocycles. The molecule has 1 aromatic rings. The summed E-state index contributed by atoms with van der Waals surface area (Å²) < 4.78 is 0. The number of piperazine rings is 1.